The molecule has 1 aromatic heterocycles. The molecule has 0 atom stereocenters. The van der Waals surface area contributed by atoms with Gasteiger partial charge >= 0.3 is 0 Å². The Morgan fingerprint density at radius 1 is 1.18 bits per heavy atom. The summed E-state index contributed by atoms with van der Waals surface area (Å²) >= 11 is 0. The number of carbonyl (C=O) groups excluding carboxylic acids is 1. The molecular formula is C21H28N4O3. The summed E-state index contributed by atoms with van der Waals surface area (Å²) in [6.07, 6.45) is 4.10. The summed E-state index contributed by atoms with van der Waals surface area (Å²) in [6, 6.07) is 9.70. The van der Waals surface area contributed by atoms with Gasteiger partial charge in [0.1, 0.15) is 5.75 Å². The number of hydrogen-bond donors (Lipinski definition) is 2. The minimum atomic E-state index is -0.113. The molecule has 150 valence electrons. The third kappa shape index (κ3) is 6.21. The SMILES string of the molecule is COc1ccc(CCNC(=O)c2cncc(NCCN3CCOCC3)c2)cc1. The van der Waals surface area contributed by atoms with Crippen molar-refractivity contribution in [2.75, 3.05) is 58.4 Å². The van der Waals surface area contributed by atoms with Crippen LogP contribution in [0.25, 0.3) is 0 Å². The Morgan fingerprint density at radius 3 is 2.71 bits per heavy atom. The van der Waals surface area contributed by atoms with Crippen molar-refractivity contribution in [1.29, 1.82) is 0 Å². The lowest BCUT2D eigenvalue weighted by atomic mass is 10.1. The molecule has 7 heteroatoms. The summed E-state index contributed by atoms with van der Waals surface area (Å²) < 4.78 is 10.5. The highest BCUT2D eigenvalue weighted by Gasteiger charge is 2.10. The second-order valence-electron chi connectivity index (χ2n) is 6.70. The number of pyridine rings is 1. The zero-order valence-corrected chi connectivity index (χ0v) is 16.3. The van der Waals surface area contributed by atoms with Gasteiger partial charge in [-0.15, -0.1) is 0 Å². The first-order valence-electron chi connectivity index (χ1n) is 9.65. The number of benzene rings is 1. The van der Waals surface area contributed by atoms with E-state index in [1.165, 1.54) is 0 Å². The number of nitrogens with one attached hydrogen (secondary N) is 2. The van der Waals surface area contributed by atoms with E-state index in [4.69, 9.17) is 9.47 Å². The molecule has 3 rings (SSSR count). The molecule has 0 unspecified atom stereocenters. The first kappa shape index (κ1) is 20.1. The number of amides is 1. The number of carbonyl (C=O) groups is 1. The molecule has 0 bridgehead atoms. The monoisotopic (exact) mass is 384 g/mol. The highest BCUT2D eigenvalue weighted by molar-refractivity contribution is 5.94. The van der Waals surface area contributed by atoms with Gasteiger partial charge in [0.25, 0.3) is 5.91 Å². The van der Waals surface area contributed by atoms with Crippen molar-refractivity contribution >= 4 is 11.6 Å². The van der Waals surface area contributed by atoms with Crippen LogP contribution in [0.5, 0.6) is 5.75 Å². The Balaban J connectivity index is 1.42. The number of morpholine rings is 1. The third-order valence-corrected chi connectivity index (χ3v) is 4.72. The molecule has 0 saturated carbocycles. The van der Waals surface area contributed by atoms with Gasteiger partial charge in [-0.2, -0.15) is 0 Å². The molecule has 2 aromatic rings. The molecule has 1 aliphatic rings. The van der Waals surface area contributed by atoms with Crippen molar-refractivity contribution in [3.63, 3.8) is 0 Å². The minimum absolute atomic E-state index is 0.113. The fourth-order valence-corrected chi connectivity index (χ4v) is 3.06. The molecular weight excluding hydrogens is 356 g/mol. The van der Waals surface area contributed by atoms with E-state index in [0.717, 1.165) is 62.8 Å². The largest absolute Gasteiger partial charge is 0.497 e. The minimum Gasteiger partial charge on any atom is -0.497 e. The van der Waals surface area contributed by atoms with E-state index in [1.54, 1.807) is 19.5 Å². The zero-order chi connectivity index (χ0) is 19.6. The molecule has 28 heavy (non-hydrogen) atoms. The van der Waals surface area contributed by atoms with Crippen LogP contribution >= 0.6 is 0 Å². The molecule has 7 nitrogen and oxygen atoms in total. The van der Waals surface area contributed by atoms with E-state index < -0.39 is 0 Å². The van der Waals surface area contributed by atoms with Gasteiger partial charge < -0.3 is 20.1 Å². The van der Waals surface area contributed by atoms with E-state index in [-0.39, 0.29) is 5.91 Å². The lowest BCUT2D eigenvalue weighted by Crippen LogP contribution is -2.39. The van der Waals surface area contributed by atoms with E-state index in [2.05, 4.69) is 20.5 Å². The van der Waals surface area contributed by atoms with Gasteiger partial charge in [0.15, 0.2) is 0 Å². The molecule has 2 N–H and O–H groups in total. The van der Waals surface area contributed by atoms with E-state index in [9.17, 15) is 4.79 Å². The molecule has 2 heterocycles. The zero-order valence-electron chi connectivity index (χ0n) is 16.3. The average Bonchev–Trinajstić information content (AvgIpc) is 2.75. The van der Waals surface area contributed by atoms with Crippen LogP contribution < -0.4 is 15.4 Å². The van der Waals surface area contributed by atoms with Crippen molar-refractivity contribution in [2.24, 2.45) is 0 Å². The Morgan fingerprint density at radius 2 is 1.96 bits per heavy atom. The number of rotatable bonds is 9. The van der Waals surface area contributed by atoms with Gasteiger partial charge in [0.2, 0.25) is 0 Å². The maximum absolute atomic E-state index is 12.4. The quantitative estimate of drug-likeness (QED) is 0.687. The van der Waals surface area contributed by atoms with Crippen LogP contribution in [0.4, 0.5) is 5.69 Å². The normalized spacial score (nSPS) is 14.5. The Hall–Kier alpha value is -2.64. The predicted molar refractivity (Wildman–Crippen MR) is 109 cm³/mol. The molecule has 1 aromatic carbocycles. The maximum Gasteiger partial charge on any atom is 0.252 e. The lowest BCUT2D eigenvalue weighted by Gasteiger charge is -2.26. The average molecular weight is 384 g/mol. The summed E-state index contributed by atoms with van der Waals surface area (Å²) in [7, 11) is 1.65. The van der Waals surface area contributed by atoms with Crippen molar-refractivity contribution in [3.05, 3.63) is 53.9 Å². The van der Waals surface area contributed by atoms with Crippen LogP contribution in [0, 0.1) is 0 Å². The fraction of sp³-hybridized carbons (Fsp3) is 0.429. The Labute approximate surface area is 166 Å². The second kappa shape index (κ2) is 10.6. The van der Waals surface area contributed by atoms with Crippen LogP contribution in [0.15, 0.2) is 42.7 Å². The van der Waals surface area contributed by atoms with Gasteiger partial charge in [-0.1, -0.05) is 12.1 Å². The van der Waals surface area contributed by atoms with E-state index >= 15 is 0 Å². The molecule has 1 saturated heterocycles. The number of methoxy groups -OCH3 is 1. The van der Waals surface area contributed by atoms with Gasteiger partial charge in [0.05, 0.1) is 31.6 Å². The van der Waals surface area contributed by atoms with Crippen LogP contribution in [-0.2, 0) is 11.2 Å². The third-order valence-electron chi connectivity index (χ3n) is 4.72. The van der Waals surface area contributed by atoms with Crippen molar-refractivity contribution < 1.29 is 14.3 Å². The summed E-state index contributed by atoms with van der Waals surface area (Å²) in [4.78, 5) is 18.9. The van der Waals surface area contributed by atoms with Gasteiger partial charge in [-0.25, -0.2) is 0 Å². The topological polar surface area (TPSA) is 75.7 Å². The van der Waals surface area contributed by atoms with Crippen LogP contribution in [0.1, 0.15) is 15.9 Å². The van der Waals surface area contributed by atoms with Crippen LogP contribution in [-0.4, -0.2) is 68.8 Å². The number of aromatic nitrogens is 1. The fourth-order valence-electron chi connectivity index (χ4n) is 3.06. The number of hydrogen-bond acceptors (Lipinski definition) is 6. The van der Waals surface area contributed by atoms with E-state index in [1.807, 2.05) is 30.3 Å². The summed E-state index contributed by atoms with van der Waals surface area (Å²) in [5.41, 5.74) is 2.57. The molecule has 1 amide bonds. The summed E-state index contributed by atoms with van der Waals surface area (Å²) in [5, 5.41) is 6.29. The van der Waals surface area contributed by atoms with Crippen molar-refractivity contribution in [1.82, 2.24) is 15.2 Å². The Kier molecular flexibility index (Phi) is 7.63. The molecule has 1 aliphatic heterocycles. The lowest BCUT2D eigenvalue weighted by molar-refractivity contribution is 0.0398. The number of ether oxygens (including phenoxy) is 2. The summed E-state index contributed by atoms with van der Waals surface area (Å²) in [5.74, 6) is 0.717. The number of nitrogens with zero attached hydrogens (tertiary/aromatic N) is 2. The van der Waals surface area contributed by atoms with Crippen LogP contribution in [0.2, 0.25) is 0 Å². The Bertz CT molecular complexity index is 746. The van der Waals surface area contributed by atoms with Crippen molar-refractivity contribution in [3.8, 4) is 5.75 Å². The smallest absolute Gasteiger partial charge is 0.252 e. The standard InChI is InChI=1S/C21H28N4O3/c1-27-20-4-2-17(3-5-20)6-7-24-21(26)18-14-19(16-22-15-18)23-8-9-25-10-12-28-13-11-25/h2-5,14-16,23H,6-13H2,1H3,(H,24,26). The first-order valence-corrected chi connectivity index (χ1v) is 9.65. The first-order chi connectivity index (χ1) is 13.7. The highest BCUT2D eigenvalue weighted by atomic mass is 16.5. The van der Waals surface area contributed by atoms with Gasteiger partial charge in [-0.3, -0.25) is 14.7 Å². The van der Waals surface area contributed by atoms with Gasteiger partial charge in [-0.05, 0) is 30.2 Å². The van der Waals surface area contributed by atoms with Crippen molar-refractivity contribution in [2.45, 2.75) is 6.42 Å². The molecule has 1 fully saturated rings. The van der Waals surface area contributed by atoms with Gasteiger partial charge in [0, 0.05) is 45.1 Å². The van der Waals surface area contributed by atoms with E-state index in [0.29, 0.717) is 12.1 Å². The highest BCUT2D eigenvalue weighted by Crippen LogP contribution is 2.12. The molecule has 0 radical (unpaired) electrons. The predicted octanol–water partition coefficient (Wildman–Crippen LogP) is 1.81. The number of anilines is 1. The molecule has 0 spiro atoms. The summed E-state index contributed by atoms with van der Waals surface area (Å²) in [6.45, 7) is 5.86. The van der Waals surface area contributed by atoms with Crippen LogP contribution in [0.3, 0.4) is 0 Å². The molecule has 0 aliphatic carbocycles. The second-order valence-corrected chi connectivity index (χ2v) is 6.70. The maximum atomic E-state index is 12.4.